The van der Waals surface area contributed by atoms with E-state index in [9.17, 15) is 0 Å². The van der Waals surface area contributed by atoms with Crippen molar-refractivity contribution in [2.24, 2.45) is 5.73 Å². The normalized spacial score (nSPS) is 19.9. The number of methoxy groups -OCH3 is 1. The Morgan fingerprint density at radius 1 is 1.30 bits per heavy atom. The summed E-state index contributed by atoms with van der Waals surface area (Å²) >= 11 is 0. The van der Waals surface area contributed by atoms with Gasteiger partial charge in [0.05, 0.1) is 7.11 Å². The van der Waals surface area contributed by atoms with Crippen LogP contribution in [0.1, 0.15) is 32.3 Å². The maximum Gasteiger partial charge on any atom is 0.142 e. The molecule has 20 heavy (non-hydrogen) atoms. The van der Waals surface area contributed by atoms with Gasteiger partial charge >= 0.3 is 0 Å². The highest BCUT2D eigenvalue weighted by molar-refractivity contribution is 5.38. The highest BCUT2D eigenvalue weighted by Crippen LogP contribution is 2.41. The van der Waals surface area contributed by atoms with Gasteiger partial charge in [0.2, 0.25) is 0 Å². The van der Waals surface area contributed by atoms with Gasteiger partial charge in [-0.3, -0.25) is 0 Å². The Morgan fingerprint density at radius 2 is 1.90 bits per heavy atom. The number of halogens is 1. The molecular formula is C16H25FN2O. The van der Waals surface area contributed by atoms with E-state index in [1.165, 1.54) is 0 Å². The summed E-state index contributed by atoms with van der Waals surface area (Å²) in [7, 11) is 1.59. The number of nitrogens with two attached hydrogens (primary N) is 1. The van der Waals surface area contributed by atoms with Crippen molar-refractivity contribution in [1.82, 2.24) is 4.90 Å². The van der Waals surface area contributed by atoms with Crippen LogP contribution in [0.4, 0.5) is 4.39 Å². The zero-order chi connectivity index (χ0) is 14.8. The van der Waals surface area contributed by atoms with E-state index >= 15 is 4.39 Å². The predicted molar refractivity (Wildman–Crippen MR) is 79.7 cm³/mol. The molecule has 2 N–H and O–H groups in total. The van der Waals surface area contributed by atoms with Crippen LogP contribution >= 0.6 is 0 Å². The Bertz CT molecular complexity index is 448. The summed E-state index contributed by atoms with van der Waals surface area (Å²) in [5.74, 6) is 0.641. The minimum absolute atomic E-state index is 0.235. The second-order valence-electron chi connectivity index (χ2n) is 6.43. The third-order valence-corrected chi connectivity index (χ3v) is 3.87. The van der Waals surface area contributed by atoms with Gasteiger partial charge in [-0.05, 0) is 32.8 Å². The first-order valence-corrected chi connectivity index (χ1v) is 7.18. The lowest BCUT2D eigenvalue weighted by Crippen LogP contribution is -2.49. The Kier molecular flexibility index (Phi) is 4.35. The second-order valence-corrected chi connectivity index (χ2v) is 6.43. The lowest BCUT2D eigenvalue weighted by molar-refractivity contribution is 0.0465. The fraction of sp³-hybridized carbons (Fsp3) is 0.625. The van der Waals surface area contributed by atoms with Crippen molar-refractivity contribution in [2.75, 3.05) is 26.7 Å². The molecule has 1 heterocycles. The highest BCUT2D eigenvalue weighted by Gasteiger charge is 2.38. The summed E-state index contributed by atoms with van der Waals surface area (Å²) in [6.07, 6.45) is 0.979. The molecule has 0 atom stereocenters. The fourth-order valence-electron chi connectivity index (χ4n) is 2.93. The van der Waals surface area contributed by atoms with E-state index in [-0.39, 0.29) is 5.54 Å². The number of rotatable bonds is 4. The van der Waals surface area contributed by atoms with Crippen LogP contribution in [0.5, 0.6) is 5.75 Å². The third-order valence-electron chi connectivity index (χ3n) is 3.87. The molecule has 4 heteroatoms. The summed E-state index contributed by atoms with van der Waals surface area (Å²) in [5, 5.41) is 0. The average molecular weight is 280 g/mol. The zero-order valence-electron chi connectivity index (χ0n) is 12.7. The van der Waals surface area contributed by atoms with Gasteiger partial charge in [0.1, 0.15) is 11.4 Å². The minimum Gasteiger partial charge on any atom is -0.496 e. The first-order valence-electron chi connectivity index (χ1n) is 7.18. The average Bonchev–Trinajstić information content (AvgIpc) is 2.40. The summed E-state index contributed by atoms with van der Waals surface area (Å²) in [4.78, 5) is 2.24. The monoisotopic (exact) mass is 280 g/mol. The topological polar surface area (TPSA) is 38.5 Å². The SMILES string of the molecule is COc1ccccc1C1(F)CCN(CC(C)(C)N)CC1. The summed E-state index contributed by atoms with van der Waals surface area (Å²) in [6.45, 7) is 6.27. The largest absolute Gasteiger partial charge is 0.496 e. The standard InChI is InChI=1S/C16H25FN2O/c1-15(2,18)12-19-10-8-16(17,9-11-19)13-6-4-5-7-14(13)20-3/h4-7H,8-12,18H2,1-3H3. The number of benzene rings is 1. The van der Waals surface area contributed by atoms with Gasteiger partial charge in [-0.1, -0.05) is 18.2 Å². The summed E-state index contributed by atoms with van der Waals surface area (Å²) < 4.78 is 20.5. The zero-order valence-corrected chi connectivity index (χ0v) is 12.7. The summed E-state index contributed by atoms with van der Waals surface area (Å²) in [5.41, 5.74) is 5.19. The van der Waals surface area contributed by atoms with Crippen molar-refractivity contribution in [2.45, 2.75) is 37.9 Å². The fourth-order valence-corrected chi connectivity index (χ4v) is 2.93. The molecule has 0 saturated carbocycles. The van der Waals surface area contributed by atoms with Gasteiger partial charge in [-0.25, -0.2) is 4.39 Å². The number of likely N-dealkylation sites (tertiary alicyclic amines) is 1. The van der Waals surface area contributed by atoms with Crippen LogP contribution in [-0.2, 0) is 5.67 Å². The van der Waals surface area contributed by atoms with Gasteiger partial charge < -0.3 is 15.4 Å². The van der Waals surface area contributed by atoms with Gasteiger partial charge in [-0.15, -0.1) is 0 Å². The number of para-hydroxylation sites is 1. The maximum absolute atomic E-state index is 15.2. The quantitative estimate of drug-likeness (QED) is 0.921. The number of piperidine rings is 1. The van der Waals surface area contributed by atoms with Crippen LogP contribution < -0.4 is 10.5 Å². The van der Waals surface area contributed by atoms with E-state index in [1.807, 2.05) is 38.1 Å². The number of hydrogen-bond donors (Lipinski definition) is 1. The van der Waals surface area contributed by atoms with E-state index < -0.39 is 5.67 Å². The van der Waals surface area contributed by atoms with E-state index in [2.05, 4.69) is 4.90 Å². The molecule has 1 saturated heterocycles. The third kappa shape index (κ3) is 3.49. The van der Waals surface area contributed by atoms with E-state index in [1.54, 1.807) is 7.11 Å². The molecule has 0 spiro atoms. The minimum atomic E-state index is -1.29. The lowest BCUT2D eigenvalue weighted by atomic mass is 9.85. The molecule has 0 aliphatic carbocycles. The number of alkyl halides is 1. The molecule has 0 unspecified atom stereocenters. The molecule has 1 fully saturated rings. The predicted octanol–water partition coefficient (Wildman–Crippen LogP) is 2.69. The van der Waals surface area contributed by atoms with Crippen LogP contribution in [0.25, 0.3) is 0 Å². The molecular weight excluding hydrogens is 255 g/mol. The van der Waals surface area contributed by atoms with Crippen LogP contribution in [0.15, 0.2) is 24.3 Å². The van der Waals surface area contributed by atoms with E-state index in [0.29, 0.717) is 24.2 Å². The molecule has 1 aliphatic rings. The molecule has 0 amide bonds. The maximum atomic E-state index is 15.2. The number of nitrogens with zero attached hydrogens (tertiary/aromatic N) is 1. The first kappa shape index (κ1) is 15.3. The molecule has 3 nitrogen and oxygen atoms in total. The lowest BCUT2D eigenvalue weighted by Gasteiger charge is -2.39. The van der Waals surface area contributed by atoms with Gasteiger partial charge in [-0.2, -0.15) is 0 Å². The highest BCUT2D eigenvalue weighted by atomic mass is 19.1. The molecule has 0 aromatic heterocycles. The molecule has 0 bridgehead atoms. The van der Waals surface area contributed by atoms with Gasteiger partial charge in [0.15, 0.2) is 0 Å². The Morgan fingerprint density at radius 3 is 2.45 bits per heavy atom. The number of ether oxygens (including phenoxy) is 1. The van der Waals surface area contributed by atoms with Crippen molar-refractivity contribution < 1.29 is 9.13 Å². The summed E-state index contributed by atoms with van der Waals surface area (Å²) in [6, 6.07) is 7.40. The Balaban J connectivity index is 2.08. The molecule has 1 aliphatic heterocycles. The van der Waals surface area contributed by atoms with Crippen molar-refractivity contribution in [3.8, 4) is 5.75 Å². The van der Waals surface area contributed by atoms with Gasteiger partial charge in [0, 0.05) is 30.7 Å². The smallest absolute Gasteiger partial charge is 0.142 e. The molecule has 112 valence electrons. The van der Waals surface area contributed by atoms with Crippen molar-refractivity contribution in [3.63, 3.8) is 0 Å². The first-order chi connectivity index (χ1) is 9.34. The van der Waals surface area contributed by atoms with Crippen molar-refractivity contribution in [3.05, 3.63) is 29.8 Å². The van der Waals surface area contributed by atoms with Crippen LogP contribution in [0.2, 0.25) is 0 Å². The Labute approximate surface area is 120 Å². The molecule has 1 aromatic rings. The van der Waals surface area contributed by atoms with Crippen LogP contribution in [0.3, 0.4) is 0 Å². The van der Waals surface area contributed by atoms with Crippen LogP contribution in [-0.4, -0.2) is 37.2 Å². The van der Waals surface area contributed by atoms with Gasteiger partial charge in [0.25, 0.3) is 0 Å². The van der Waals surface area contributed by atoms with E-state index in [4.69, 9.17) is 10.5 Å². The molecule has 0 radical (unpaired) electrons. The molecule has 1 aromatic carbocycles. The van der Waals surface area contributed by atoms with E-state index in [0.717, 1.165) is 19.6 Å². The van der Waals surface area contributed by atoms with Crippen LogP contribution in [0, 0.1) is 0 Å². The van der Waals surface area contributed by atoms with Crippen molar-refractivity contribution >= 4 is 0 Å². The molecule has 2 rings (SSSR count). The number of hydrogen-bond acceptors (Lipinski definition) is 3. The van der Waals surface area contributed by atoms with Crippen molar-refractivity contribution in [1.29, 1.82) is 0 Å². The Hall–Kier alpha value is -1.13. The second kappa shape index (κ2) is 5.70.